The SMILES string of the molecule is Cc1cccc(C#CCCNc2ncnc3ccccc23)n1. The minimum atomic E-state index is 0.730. The number of aryl methyl sites for hydroxylation is 1. The summed E-state index contributed by atoms with van der Waals surface area (Å²) in [7, 11) is 0. The van der Waals surface area contributed by atoms with Crippen LogP contribution in [-0.4, -0.2) is 21.5 Å². The van der Waals surface area contributed by atoms with Crippen LogP contribution in [0.4, 0.5) is 5.82 Å². The molecule has 108 valence electrons. The summed E-state index contributed by atoms with van der Waals surface area (Å²) in [6.07, 6.45) is 2.31. The Labute approximate surface area is 129 Å². The van der Waals surface area contributed by atoms with Gasteiger partial charge in [0.25, 0.3) is 0 Å². The lowest BCUT2D eigenvalue weighted by molar-refractivity contribution is 1.07. The number of pyridine rings is 1. The van der Waals surface area contributed by atoms with Crippen molar-refractivity contribution in [2.45, 2.75) is 13.3 Å². The van der Waals surface area contributed by atoms with Gasteiger partial charge in [-0.05, 0) is 37.1 Å². The summed E-state index contributed by atoms with van der Waals surface area (Å²) >= 11 is 0. The Morgan fingerprint density at radius 1 is 1.05 bits per heavy atom. The predicted octanol–water partition coefficient (Wildman–Crippen LogP) is 3.19. The second-order valence-corrected chi connectivity index (χ2v) is 4.88. The molecule has 0 saturated carbocycles. The van der Waals surface area contributed by atoms with Gasteiger partial charge < -0.3 is 5.32 Å². The zero-order valence-electron chi connectivity index (χ0n) is 12.4. The van der Waals surface area contributed by atoms with Gasteiger partial charge in [0, 0.05) is 24.0 Å². The smallest absolute Gasteiger partial charge is 0.137 e. The molecule has 0 radical (unpaired) electrons. The van der Waals surface area contributed by atoms with Crippen LogP contribution in [-0.2, 0) is 0 Å². The van der Waals surface area contributed by atoms with Gasteiger partial charge >= 0.3 is 0 Å². The summed E-state index contributed by atoms with van der Waals surface area (Å²) in [6, 6.07) is 13.8. The number of benzene rings is 1. The Morgan fingerprint density at radius 3 is 2.86 bits per heavy atom. The topological polar surface area (TPSA) is 50.7 Å². The summed E-state index contributed by atoms with van der Waals surface area (Å²) in [5.41, 5.74) is 2.74. The molecule has 4 nitrogen and oxygen atoms in total. The lowest BCUT2D eigenvalue weighted by Crippen LogP contribution is -2.03. The molecule has 0 fully saturated rings. The van der Waals surface area contributed by atoms with Crippen molar-refractivity contribution in [3.63, 3.8) is 0 Å². The van der Waals surface area contributed by atoms with Crippen LogP contribution >= 0.6 is 0 Å². The monoisotopic (exact) mass is 288 g/mol. The quantitative estimate of drug-likeness (QED) is 0.594. The van der Waals surface area contributed by atoms with Crippen LogP contribution in [0.2, 0.25) is 0 Å². The third-order valence-corrected chi connectivity index (χ3v) is 3.19. The van der Waals surface area contributed by atoms with Gasteiger partial charge in [-0.3, -0.25) is 0 Å². The first kappa shape index (κ1) is 14.0. The molecule has 0 spiro atoms. The van der Waals surface area contributed by atoms with E-state index >= 15 is 0 Å². The first-order valence-corrected chi connectivity index (χ1v) is 7.19. The number of fused-ring (bicyclic) bond motifs is 1. The van der Waals surface area contributed by atoms with Crippen LogP contribution in [0.3, 0.4) is 0 Å². The molecule has 0 bridgehead atoms. The maximum atomic E-state index is 4.36. The van der Waals surface area contributed by atoms with Crippen LogP contribution in [0, 0.1) is 18.8 Å². The number of aromatic nitrogens is 3. The molecule has 0 unspecified atom stereocenters. The zero-order valence-corrected chi connectivity index (χ0v) is 12.4. The zero-order chi connectivity index (χ0) is 15.2. The molecular weight excluding hydrogens is 272 g/mol. The molecule has 0 atom stereocenters. The minimum absolute atomic E-state index is 0.730. The number of para-hydroxylation sites is 1. The molecule has 0 amide bonds. The van der Waals surface area contributed by atoms with Crippen molar-refractivity contribution >= 4 is 16.7 Å². The van der Waals surface area contributed by atoms with Crippen molar-refractivity contribution in [2.24, 2.45) is 0 Å². The van der Waals surface area contributed by atoms with Gasteiger partial charge in [0.1, 0.15) is 17.8 Å². The summed E-state index contributed by atoms with van der Waals surface area (Å²) in [5, 5.41) is 4.34. The number of nitrogens with one attached hydrogen (secondary N) is 1. The highest BCUT2D eigenvalue weighted by atomic mass is 15.0. The van der Waals surface area contributed by atoms with Crippen LogP contribution in [0.15, 0.2) is 48.8 Å². The molecule has 2 heterocycles. The van der Waals surface area contributed by atoms with Gasteiger partial charge in [0.05, 0.1) is 5.52 Å². The van der Waals surface area contributed by atoms with E-state index in [0.29, 0.717) is 0 Å². The summed E-state index contributed by atoms with van der Waals surface area (Å²) in [4.78, 5) is 12.9. The number of hydrogen-bond donors (Lipinski definition) is 1. The molecular formula is C18H16N4. The molecule has 1 aromatic carbocycles. The predicted molar refractivity (Wildman–Crippen MR) is 88.5 cm³/mol. The number of nitrogens with zero attached hydrogens (tertiary/aromatic N) is 3. The molecule has 1 N–H and O–H groups in total. The Morgan fingerprint density at radius 2 is 1.95 bits per heavy atom. The fraction of sp³-hybridized carbons (Fsp3) is 0.167. The summed E-state index contributed by atoms with van der Waals surface area (Å²) < 4.78 is 0. The molecule has 3 rings (SSSR count). The van der Waals surface area contributed by atoms with Crippen LogP contribution in [0.1, 0.15) is 17.8 Å². The van der Waals surface area contributed by atoms with Gasteiger partial charge in [-0.25, -0.2) is 15.0 Å². The number of rotatable bonds is 3. The van der Waals surface area contributed by atoms with Gasteiger partial charge in [-0.2, -0.15) is 0 Å². The van der Waals surface area contributed by atoms with Crippen molar-refractivity contribution < 1.29 is 0 Å². The van der Waals surface area contributed by atoms with Crippen LogP contribution in [0.5, 0.6) is 0 Å². The number of hydrogen-bond acceptors (Lipinski definition) is 4. The molecule has 4 heteroatoms. The van der Waals surface area contributed by atoms with Crippen molar-refractivity contribution in [3.8, 4) is 11.8 Å². The molecule has 3 aromatic rings. The van der Waals surface area contributed by atoms with Crippen molar-refractivity contribution in [2.75, 3.05) is 11.9 Å². The largest absolute Gasteiger partial charge is 0.368 e. The minimum Gasteiger partial charge on any atom is -0.368 e. The van der Waals surface area contributed by atoms with E-state index in [1.54, 1.807) is 6.33 Å². The maximum Gasteiger partial charge on any atom is 0.137 e. The van der Waals surface area contributed by atoms with E-state index in [2.05, 4.69) is 32.1 Å². The van der Waals surface area contributed by atoms with E-state index in [-0.39, 0.29) is 0 Å². The van der Waals surface area contributed by atoms with Gasteiger partial charge in [0.2, 0.25) is 0 Å². The first-order chi connectivity index (χ1) is 10.8. The lowest BCUT2D eigenvalue weighted by atomic mass is 10.2. The fourth-order valence-electron chi connectivity index (χ4n) is 2.15. The van der Waals surface area contributed by atoms with E-state index in [9.17, 15) is 0 Å². The number of anilines is 1. The van der Waals surface area contributed by atoms with Gasteiger partial charge in [-0.15, -0.1) is 0 Å². The third-order valence-electron chi connectivity index (χ3n) is 3.19. The van der Waals surface area contributed by atoms with Crippen molar-refractivity contribution in [1.29, 1.82) is 0 Å². The molecule has 2 aromatic heterocycles. The van der Waals surface area contributed by atoms with E-state index in [1.165, 1.54) is 0 Å². The van der Waals surface area contributed by atoms with E-state index in [4.69, 9.17) is 0 Å². The average molecular weight is 288 g/mol. The van der Waals surface area contributed by atoms with E-state index in [0.717, 1.165) is 41.1 Å². The van der Waals surface area contributed by atoms with Gasteiger partial charge in [0.15, 0.2) is 0 Å². The summed E-state index contributed by atoms with van der Waals surface area (Å²) in [6.45, 7) is 2.70. The van der Waals surface area contributed by atoms with Crippen molar-refractivity contribution in [3.05, 3.63) is 60.2 Å². The molecule has 22 heavy (non-hydrogen) atoms. The average Bonchev–Trinajstić information content (AvgIpc) is 2.55. The van der Waals surface area contributed by atoms with E-state index < -0.39 is 0 Å². The molecule has 0 aliphatic rings. The highest BCUT2D eigenvalue weighted by Crippen LogP contribution is 2.17. The standard InChI is InChI=1S/C18H16N4/c1-14-7-6-9-15(22-14)8-4-5-12-19-18-16-10-2-3-11-17(16)20-13-21-18/h2-3,6-7,9-11,13H,5,12H2,1H3,(H,19,20,21). The Kier molecular flexibility index (Phi) is 4.26. The Balaban J connectivity index is 1.62. The first-order valence-electron chi connectivity index (χ1n) is 7.19. The maximum absolute atomic E-state index is 4.36. The van der Waals surface area contributed by atoms with Gasteiger partial charge in [-0.1, -0.05) is 24.1 Å². The van der Waals surface area contributed by atoms with Crippen molar-refractivity contribution in [1.82, 2.24) is 15.0 Å². The highest BCUT2D eigenvalue weighted by molar-refractivity contribution is 5.88. The Hall–Kier alpha value is -2.93. The van der Waals surface area contributed by atoms with Crippen LogP contribution in [0.25, 0.3) is 10.9 Å². The second-order valence-electron chi connectivity index (χ2n) is 4.88. The molecule has 0 saturated heterocycles. The molecule has 0 aliphatic carbocycles. The van der Waals surface area contributed by atoms with Crippen LogP contribution < -0.4 is 5.32 Å². The second kappa shape index (κ2) is 6.68. The summed E-state index contributed by atoms with van der Waals surface area (Å²) in [5.74, 6) is 7.05. The third kappa shape index (κ3) is 3.39. The molecule has 0 aliphatic heterocycles. The lowest BCUT2D eigenvalue weighted by Gasteiger charge is -2.05. The highest BCUT2D eigenvalue weighted by Gasteiger charge is 2.00. The van der Waals surface area contributed by atoms with E-state index in [1.807, 2.05) is 49.4 Å². The Bertz CT molecular complexity index is 841. The normalized spacial score (nSPS) is 10.0. The fourth-order valence-corrected chi connectivity index (χ4v) is 2.15.